The van der Waals surface area contributed by atoms with Crippen LogP contribution in [0.25, 0.3) is 0 Å². The van der Waals surface area contributed by atoms with Gasteiger partial charge in [0.05, 0.1) is 0 Å². The smallest absolute Gasteiger partial charge is 0.00773 e. The van der Waals surface area contributed by atoms with E-state index in [2.05, 4.69) is 19.1 Å². The number of hydrogen-bond acceptors (Lipinski definition) is 1. The third-order valence-corrected chi connectivity index (χ3v) is 5.22. The summed E-state index contributed by atoms with van der Waals surface area (Å²) in [4.78, 5) is 0. The minimum absolute atomic E-state index is 0.862. The molecule has 0 aromatic heterocycles. The van der Waals surface area contributed by atoms with Crippen LogP contribution in [0, 0.1) is 0 Å². The van der Waals surface area contributed by atoms with E-state index in [4.69, 9.17) is 5.73 Å². The Bertz CT molecular complexity index is 231. The van der Waals surface area contributed by atoms with Crippen LogP contribution in [0.4, 0.5) is 0 Å². The molecule has 0 aromatic carbocycles. The minimum Gasteiger partial charge on any atom is -0.330 e. The molecule has 25 heavy (non-hydrogen) atoms. The third kappa shape index (κ3) is 23.7. The Morgan fingerprint density at radius 1 is 0.520 bits per heavy atom. The number of allylic oxidation sites excluding steroid dienone is 2. The SMILES string of the molecule is C1CCCCC1.CCCCCCCC/C=C\CCCCCCCCN. The van der Waals surface area contributed by atoms with Crippen molar-refractivity contribution in [3.05, 3.63) is 12.2 Å². The molecule has 1 nitrogen and oxygen atoms in total. The second-order valence-corrected chi connectivity index (χ2v) is 7.85. The molecule has 0 aliphatic heterocycles. The Morgan fingerprint density at radius 2 is 0.880 bits per heavy atom. The van der Waals surface area contributed by atoms with Gasteiger partial charge in [-0.1, -0.05) is 115 Å². The standard InChI is InChI=1S/C18H37N.C6H12/c1-2-3-4-5-6-7-8-9-10-11-12-13-14-15-16-17-18-19;1-2-4-6-5-3-1/h9-10H,2-8,11-19H2,1H3;1-6H2/b10-9-;. The molecule has 0 bridgehead atoms. The molecule has 1 aliphatic rings. The van der Waals surface area contributed by atoms with Crippen LogP contribution in [0.2, 0.25) is 0 Å². The largest absolute Gasteiger partial charge is 0.330 e. The summed E-state index contributed by atoms with van der Waals surface area (Å²) in [6.07, 6.45) is 32.9. The molecule has 1 saturated carbocycles. The van der Waals surface area contributed by atoms with Gasteiger partial charge in [-0.3, -0.25) is 0 Å². The van der Waals surface area contributed by atoms with Gasteiger partial charge in [0.25, 0.3) is 0 Å². The maximum atomic E-state index is 5.47. The van der Waals surface area contributed by atoms with Gasteiger partial charge in [-0.2, -0.15) is 0 Å². The van der Waals surface area contributed by atoms with E-state index in [1.54, 1.807) is 0 Å². The normalized spacial score (nSPS) is 14.5. The summed E-state index contributed by atoms with van der Waals surface area (Å²) in [5, 5.41) is 0. The van der Waals surface area contributed by atoms with Crippen LogP contribution in [-0.4, -0.2) is 6.54 Å². The van der Waals surface area contributed by atoms with Crippen LogP contribution < -0.4 is 5.73 Å². The van der Waals surface area contributed by atoms with Gasteiger partial charge >= 0.3 is 0 Å². The molecule has 0 saturated heterocycles. The Balaban J connectivity index is 0.000000796. The van der Waals surface area contributed by atoms with Crippen LogP contribution >= 0.6 is 0 Å². The van der Waals surface area contributed by atoms with Crippen molar-refractivity contribution in [2.24, 2.45) is 5.73 Å². The fourth-order valence-electron chi connectivity index (χ4n) is 3.45. The number of rotatable bonds is 15. The van der Waals surface area contributed by atoms with Crippen LogP contribution in [0.5, 0.6) is 0 Å². The van der Waals surface area contributed by atoms with Crippen LogP contribution in [0.15, 0.2) is 12.2 Å². The predicted molar refractivity (Wildman–Crippen MR) is 116 cm³/mol. The van der Waals surface area contributed by atoms with Crippen molar-refractivity contribution >= 4 is 0 Å². The zero-order valence-electron chi connectivity index (χ0n) is 17.6. The molecular weight excluding hydrogens is 302 g/mol. The highest BCUT2D eigenvalue weighted by molar-refractivity contribution is 4.81. The molecule has 1 aliphatic carbocycles. The number of hydrogen-bond donors (Lipinski definition) is 1. The van der Waals surface area contributed by atoms with E-state index in [9.17, 15) is 0 Å². The maximum absolute atomic E-state index is 5.47. The lowest BCUT2D eigenvalue weighted by Gasteiger charge is -2.05. The zero-order valence-corrected chi connectivity index (χ0v) is 17.6. The lowest BCUT2D eigenvalue weighted by atomic mass is 10.0. The summed E-state index contributed by atoms with van der Waals surface area (Å²) in [5.41, 5.74) is 5.47. The van der Waals surface area contributed by atoms with E-state index in [0.717, 1.165) is 6.54 Å². The molecule has 0 radical (unpaired) electrons. The first-order valence-corrected chi connectivity index (χ1v) is 11.8. The number of unbranched alkanes of at least 4 members (excludes halogenated alkanes) is 12. The molecule has 1 heteroatoms. The van der Waals surface area contributed by atoms with Crippen molar-refractivity contribution in [3.63, 3.8) is 0 Å². The molecule has 0 heterocycles. The molecule has 0 atom stereocenters. The summed E-state index contributed by atoms with van der Waals surface area (Å²) in [7, 11) is 0. The van der Waals surface area contributed by atoms with Crippen molar-refractivity contribution in [1.82, 2.24) is 0 Å². The summed E-state index contributed by atoms with van der Waals surface area (Å²) in [6.45, 7) is 3.14. The Kier molecular flexibility index (Phi) is 23.4. The summed E-state index contributed by atoms with van der Waals surface area (Å²) >= 11 is 0. The van der Waals surface area contributed by atoms with E-state index in [-0.39, 0.29) is 0 Å². The van der Waals surface area contributed by atoms with Crippen LogP contribution in [0.3, 0.4) is 0 Å². The molecule has 0 spiro atoms. The average molecular weight is 352 g/mol. The molecule has 1 rings (SSSR count). The Morgan fingerprint density at radius 3 is 1.28 bits per heavy atom. The number of nitrogens with two attached hydrogens (primary N) is 1. The molecule has 150 valence electrons. The summed E-state index contributed by atoms with van der Waals surface area (Å²) in [5.74, 6) is 0. The highest BCUT2D eigenvalue weighted by atomic mass is 14.5. The quantitative estimate of drug-likeness (QED) is 0.233. The van der Waals surface area contributed by atoms with Crippen LogP contribution in [0.1, 0.15) is 135 Å². The third-order valence-electron chi connectivity index (χ3n) is 5.22. The van der Waals surface area contributed by atoms with Gasteiger partial charge in [0, 0.05) is 0 Å². The van der Waals surface area contributed by atoms with E-state index in [1.807, 2.05) is 0 Å². The molecule has 0 aromatic rings. The molecular formula is C24H49N. The average Bonchev–Trinajstić information content (AvgIpc) is 2.67. The van der Waals surface area contributed by atoms with Gasteiger partial charge in [0.1, 0.15) is 0 Å². The zero-order chi connectivity index (χ0) is 18.3. The van der Waals surface area contributed by atoms with E-state index >= 15 is 0 Å². The Hall–Kier alpha value is -0.300. The second kappa shape index (κ2) is 23.7. The van der Waals surface area contributed by atoms with Gasteiger partial charge in [-0.15, -0.1) is 0 Å². The molecule has 2 N–H and O–H groups in total. The fourth-order valence-corrected chi connectivity index (χ4v) is 3.45. The van der Waals surface area contributed by atoms with Crippen molar-refractivity contribution in [2.75, 3.05) is 6.54 Å². The van der Waals surface area contributed by atoms with E-state index < -0.39 is 0 Å². The van der Waals surface area contributed by atoms with Crippen molar-refractivity contribution in [2.45, 2.75) is 135 Å². The van der Waals surface area contributed by atoms with Gasteiger partial charge < -0.3 is 5.73 Å². The summed E-state index contributed by atoms with van der Waals surface area (Å²) in [6, 6.07) is 0. The van der Waals surface area contributed by atoms with Crippen molar-refractivity contribution in [3.8, 4) is 0 Å². The predicted octanol–water partition coefficient (Wildman–Crippen LogP) is 8.32. The van der Waals surface area contributed by atoms with Crippen LogP contribution in [-0.2, 0) is 0 Å². The molecule has 1 fully saturated rings. The lowest BCUT2D eigenvalue weighted by Crippen LogP contribution is -1.97. The highest BCUT2D eigenvalue weighted by Gasteiger charge is 1.95. The first-order valence-electron chi connectivity index (χ1n) is 11.8. The topological polar surface area (TPSA) is 26.0 Å². The van der Waals surface area contributed by atoms with Crippen molar-refractivity contribution < 1.29 is 0 Å². The van der Waals surface area contributed by atoms with Gasteiger partial charge in [-0.25, -0.2) is 0 Å². The van der Waals surface area contributed by atoms with E-state index in [1.165, 1.54) is 128 Å². The van der Waals surface area contributed by atoms with Gasteiger partial charge in [-0.05, 0) is 38.6 Å². The van der Waals surface area contributed by atoms with Crippen molar-refractivity contribution in [1.29, 1.82) is 0 Å². The molecule has 0 unspecified atom stereocenters. The lowest BCUT2D eigenvalue weighted by molar-refractivity contribution is 0.504. The Labute approximate surface area is 160 Å². The monoisotopic (exact) mass is 351 g/mol. The van der Waals surface area contributed by atoms with Gasteiger partial charge in [0.15, 0.2) is 0 Å². The minimum atomic E-state index is 0.862. The maximum Gasteiger partial charge on any atom is -0.00773 e. The summed E-state index contributed by atoms with van der Waals surface area (Å²) < 4.78 is 0. The van der Waals surface area contributed by atoms with E-state index in [0.29, 0.717) is 0 Å². The van der Waals surface area contributed by atoms with Gasteiger partial charge in [0.2, 0.25) is 0 Å². The highest BCUT2D eigenvalue weighted by Crippen LogP contribution is 2.15. The first-order chi connectivity index (χ1) is 12.4. The molecule has 0 amide bonds. The first kappa shape index (κ1) is 24.7. The fraction of sp³-hybridized carbons (Fsp3) is 0.917. The second-order valence-electron chi connectivity index (χ2n) is 7.85.